The summed E-state index contributed by atoms with van der Waals surface area (Å²) in [5, 5.41) is 0.767. The van der Waals surface area contributed by atoms with Crippen LogP contribution in [0.2, 0.25) is 0 Å². The zero-order valence-electron chi connectivity index (χ0n) is 18.7. The normalized spacial score (nSPS) is 16.2. The van der Waals surface area contributed by atoms with Crippen molar-refractivity contribution in [3.63, 3.8) is 0 Å². The molecule has 1 aromatic heterocycles. The number of aromatic nitrogens is 2. The lowest BCUT2D eigenvalue weighted by molar-refractivity contribution is 0.0303. The SMILES string of the molecule is O=C(c1cccc(CSc2nc(-c3ccccc3)cc(N3CCCC3)n2)c1)N1CCOCC1. The predicted octanol–water partition coefficient (Wildman–Crippen LogP) is 4.51. The predicted molar refractivity (Wildman–Crippen MR) is 132 cm³/mol. The third kappa shape index (κ3) is 5.37. The maximum atomic E-state index is 12.9. The minimum absolute atomic E-state index is 0.0730. The Morgan fingerprint density at radius 2 is 1.70 bits per heavy atom. The maximum Gasteiger partial charge on any atom is 0.254 e. The first-order valence-corrected chi connectivity index (χ1v) is 12.5. The Labute approximate surface area is 199 Å². The Kier molecular flexibility index (Phi) is 6.88. The van der Waals surface area contributed by atoms with Crippen LogP contribution in [0.15, 0.2) is 65.8 Å². The zero-order valence-corrected chi connectivity index (χ0v) is 19.5. The smallest absolute Gasteiger partial charge is 0.254 e. The number of morpholine rings is 1. The van der Waals surface area contributed by atoms with Crippen molar-refractivity contribution in [3.8, 4) is 11.3 Å². The fourth-order valence-corrected chi connectivity index (χ4v) is 5.03. The summed E-state index contributed by atoms with van der Waals surface area (Å²) in [7, 11) is 0. The molecule has 170 valence electrons. The van der Waals surface area contributed by atoms with Gasteiger partial charge in [-0.25, -0.2) is 9.97 Å². The van der Waals surface area contributed by atoms with Gasteiger partial charge in [-0.3, -0.25) is 4.79 Å². The van der Waals surface area contributed by atoms with Crippen LogP contribution in [-0.2, 0) is 10.5 Å². The van der Waals surface area contributed by atoms with Crippen molar-refractivity contribution in [2.75, 3.05) is 44.3 Å². The second-order valence-electron chi connectivity index (χ2n) is 8.35. The molecule has 0 N–H and O–H groups in total. The van der Waals surface area contributed by atoms with Gasteiger partial charge in [-0.1, -0.05) is 54.2 Å². The topological polar surface area (TPSA) is 58.6 Å². The third-order valence-electron chi connectivity index (χ3n) is 6.03. The molecule has 0 radical (unpaired) electrons. The highest BCUT2D eigenvalue weighted by Gasteiger charge is 2.19. The second-order valence-corrected chi connectivity index (χ2v) is 9.29. The number of benzene rings is 2. The third-order valence-corrected chi connectivity index (χ3v) is 6.95. The summed E-state index contributed by atoms with van der Waals surface area (Å²) in [6, 6.07) is 20.3. The molecule has 0 saturated carbocycles. The van der Waals surface area contributed by atoms with E-state index >= 15 is 0 Å². The van der Waals surface area contributed by atoms with Crippen LogP contribution < -0.4 is 4.90 Å². The van der Waals surface area contributed by atoms with Gasteiger partial charge in [-0.2, -0.15) is 0 Å². The fraction of sp³-hybridized carbons (Fsp3) is 0.346. The van der Waals surface area contributed by atoms with Gasteiger partial charge in [0.25, 0.3) is 5.91 Å². The number of hydrogen-bond acceptors (Lipinski definition) is 6. The first-order chi connectivity index (χ1) is 16.3. The van der Waals surface area contributed by atoms with E-state index in [2.05, 4.69) is 29.2 Å². The van der Waals surface area contributed by atoms with E-state index in [-0.39, 0.29) is 5.91 Å². The van der Waals surface area contributed by atoms with Crippen LogP contribution in [0.4, 0.5) is 5.82 Å². The van der Waals surface area contributed by atoms with Crippen LogP contribution in [-0.4, -0.2) is 60.2 Å². The van der Waals surface area contributed by atoms with E-state index in [1.54, 1.807) is 11.8 Å². The van der Waals surface area contributed by atoms with Gasteiger partial charge < -0.3 is 14.5 Å². The van der Waals surface area contributed by atoms with Crippen LogP contribution in [0.3, 0.4) is 0 Å². The summed E-state index contributed by atoms with van der Waals surface area (Å²) in [5.41, 5.74) is 3.87. The number of thioether (sulfide) groups is 1. The van der Waals surface area contributed by atoms with Crippen molar-refractivity contribution in [1.82, 2.24) is 14.9 Å². The molecular weight excluding hydrogens is 432 g/mol. The highest BCUT2D eigenvalue weighted by atomic mass is 32.2. The Hall–Kier alpha value is -2.90. The fourth-order valence-electron chi connectivity index (χ4n) is 4.23. The lowest BCUT2D eigenvalue weighted by Crippen LogP contribution is -2.40. The summed E-state index contributed by atoms with van der Waals surface area (Å²) < 4.78 is 5.37. The molecule has 0 unspecified atom stereocenters. The van der Waals surface area contributed by atoms with Crippen LogP contribution in [0, 0.1) is 0 Å². The number of amides is 1. The first kappa shape index (κ1) is 21.9. The molecule has 5 rings (SSSR count). The number of hydrogen-bond donors (Lipinski definition) is 0. The molecule has 0 spiro atoms. The van der Waals surface area contributed by atoms with E-state index in [1.807, 2.05) is 41.3 Å². The highest BCUT2D eigenvalue weighted by Crippen LogP contribution is 2.29. The van der Waals surface area contributed by atoms with Crippen LogP contribution in [0.1, 0.15) is 28.8 Å². The number of rotatable bonds is 6. The minimum Gasteiger partial charge on any atom is -0.378 e. The maximum absolute atomic E-state index is 12.9. The molecule has 6 nitrogen and oxygen atoms in total. The lowest BCUT2D eigenvalue weighted by atomic mass is 10.1. The molecule has 2 saturated heterocycles. The highest BCUT2D eigenvalue weighted by molar-refractivity contribution is 7.98. The number of anilines is 1. The average molecular weight is 461 g/mol. The summed E-state index contributed by atoms with van der Waals surface area (Å²) in [6.07, 6.45) is 2.41. The summed E-state index contributed by atoms with van der Waals surface area (Å²) >= 11 is 1.62. The Balaban J connectivity index is 1.35. The Morgan fingerprint density at radius 3 is 2.48 bits per heavy atom. The van der Waals surface area contributed by atoms with E-state index < -0.39 is 0 Å². The molecule has 1 amide bonds. The van der Waals surface area contributed by atoms with Gasteiger partial charge in [0.15, 0.2) is 5.16 Å². The van der Waals surface area contributed by atoms with Crippen molar-refractivity contribution in [2.24, 2.45) is 0 Å². The molecule has 2 aromatic carbocycles. The molecule has 0 aliphatic carbocycles. The second kappa shape index (κ2) is 10.4. The quantitative estimate of drug-likeness (QED) is 0.399. The van der Waals surface area contributed by atoms with Crippen molar-refractivity contribution < 1.29 is 9.53 Å². The molecule has 0 bridgehead atoms. The van der Waals surface area contributed by atoms with Gasteiger partial charge in [0.2, 0.25) is 0 Å². The number of carbonyl (C=O) groups is 1. The van der Waals surface area contributed by atoms with E-state index in [9.17, 15) is 4.79 Å². The molecule has 2 aliphatic rings. The zero-order chi connectivity index (χ0) is 22.5. The summed E-state index contributed by atoms with van der Waals surface area (Å²) in [4.78, 5) is 26.8. The van der Waals surface area contributed by atoms with Gasteiger partial charge in [-0.05, 0) is 30.5 Å². The Morgan fingerprint density at radius 1 is 0.909 bits per heavy atom. The van der Waals surface area contributed by atoms with Crippen molar-refractivity contribution in [2.45, 2.75) is 23.8 Å². The molecule has 33 heavy (non-hydrogen) atoms. The van der Waals surface area contributed by atoms with Crippen LogP contribution in [0.5, 0.6) is 0 Å². The van der Waals surface area contributed by atoms with Crippen molar-refractivity contribution >= 4 is 23.5 Å². The molecule has 3 aromatic rings. The lowest BCUT2D eigenvalue weighted by Gasteiger charge is -2.27. The molecule has 2 aliphatic heterocycles. The Bertz CT molecular complexity index is 1100. The van der Waals surface area contributed by atoms with Crippen molar-refractivity contribution in [3.05, 3.63) is 71.8 Å². The van der Waals surface area contributed by atoms with Gasteiger partial charge in [0, 0.05) is 49.1 Å². The first-order valence-electron chi connectivity index (χ1n) is 11.5. The van der Waals surface area contributed by atoms with Crippen LogP contribution >= 0.6 is 11.8 Å². The van der Waals surface area contributed by atoms with Gasteiger partial charge in [-0.15, -0.1) is 0 Å². The van der Waals surface area contributed by atoms with Crippen molar-refractivity contribution in [1.29, 1.82) is 0 Å². The van der Waals surface area contributed by atoms with Gasteiger partial charge in [0.05, 0.1) is 18.9 Å². The molecule has 0 atom stereocenters. The van der Waals surface area contributed by atoms with Crippen LogP contribution in [0.25, 0.3) is 11.3 Å². The number of nitrogens with zero attached hydrogens (tertiary/aromatic N) is 4. The van der Waals surface area contributed by atoms with Gasteiger partial charge in [0.1, 0.15) is 5.82 Å². The monoisotopic (exact) mass is 460 g/mol. The molecule has 2 fully saturated rings. The van der Waals surface area contributed by atoms with E-state index in [0.29, 0.717) is 32.1 Å². The molecular formula is C26H28N4O2S. The average Bonchev–Trinajstić information content (AvgIpc) is 3.43. The molecule has 3 heterocycles. The van der Waals surface area contributed by atoms with E-state index in [0.717, 1.165) is 46.4 Å². The van der Waals surface area contributed by atoms with E-state index in [1.165, 1.54) is 12.8 Å². The standard InChI is InChI=1S/C26H28N4O2S/c31-25(30-13-15-32-16-14-30)22-10-6-7-20(17-22)19-33-26-27-23(21-8-2-1-3-9-21)18-24(28-26)29-11-4-5-12-29/h1-3,6-10,17-18H,4-5,11-16,19H2. The summed E-state index contributed by atoms with van der Waals surface area (Å²) in [6.45, 7) is 4.60. The number of ether oxygens (including phenoxy) is 1. The molecule has 7 heteroatoms. The van der Waals surface area contributed by atoms with Gasteiger partial charge >= 0.3 is 0 Å². The van der Waals surface area contributed by atoms with E-state index in [4.69, 9.17) is 14.7 Å². The minimum atomic E-state index is 0.0730. The summed E-state index contributed by atoms with van der Waals surface area (Å²) in [5.74, 6) is 1.78. The largest absolute Gasteiger partial charge is 0.378 e. The number of carbonyl (C=O) groups excluding carboxylic acids is 1.